The predicted octanol–water partition coefficient (Wildman–Crippen LogP) is 2.42. The third kappa shape index (κ3) is 4.28. The van der Waals surface area contributed by atoms with Crippen molar-refractivity contribution in [3.63, 3.8) is 0 Å². The van der Waals surface area contributed by atoms with Crippen molar-refractivity contribution in [1.82, 2.24) is 0 Å². The third-order valence-corrected chi connectivity index (χ3v) is 2.78. The summed E-state index contributed by atoms with van der Waals surface area (Å²) < 4.78 is 55.9. The molecule has 1 aromatic rings. The zero-order chi connectivity index (χ0) is 17.8. The number of carbonyl (C=O) groups excluding carboxylic acids is 2. The second-order valence-electron chi connectivity index (χ2n) is 4.61. The first-order valence-corrected chi connectivity index (χ1v) is 6.19. The molecule has 1 atom stereocenters. The molecule has 126 valence electrons. The molecule has 23 heavy (non-hydrogen) atoms. The number of esters is 1. The normalized spacial score (nSPS) is 13.8. The van der Waals surface area contributed by atoms with Crippen LogP contribution in [0.1, 0.15) is 17.3 Å². The molecule has 0 radical (unpaired) electrons. The van der Waals surface area contributed by atoms with Crippen molar-refractivity contribution in [1.29, 1.82) is 0 Å². The summed E-state index contributed by atoms with van der Waals surface area (Å²) in [4.78, 5) is 22.9. The Morgan fingerprint density at radius 1 is 1.39 bits per heavy atom. The summed E-state index contributed by atoms with van der Waals surface area (Å²) in [6, 6.07) is 2.61. The average Bonchev–Trinajstić information content (AvgIpc) is 2.45. The second-order valence-corrected chi connectivity index (χ2v) is 4.61. The number of alkyl halides is 3. The van der Waals surface area contributed by atoms with Crippen LogP contribution in [0.2, 0.25) is 0 Å². The Balaban J connectivity index is 2.93. The number of anilines is 1. The minimum Gasteiger partial charge on any atom is -0.458 e. The smallest absolute Gasteiger partial charge is 0.426 e. The van der Waals surface area contributed by atoms with Crippen molar-refractivity contribution in [2.75, 3.05) is 11.9 Å². The lowest BCUT2D eigenvalue weighted by Gasteiger charge is -2.24. The van der Waals surface area contributed by atoms with E-state index in [1.807, 2.05) is 0 Å². The molecule has 0 fully saturated rings. The van der Waals surface area contributed by atoms with Gasteiger partial charge in [-0.2, -0.15) is 13.2 Å². The Hall–Kier alpha value is -2.42. The van der Waals surface area contributed by atoms with Crippen LogP contribution in [0.4, 0.5) is 23.2 Å². The lowest BCUT2D eigenvalue weighted by atomic mass is 10.1. The molecule has 0 saturated heterocycles. The molecule has 1 aromatic carbocycles. The number of aliphatic hydroxyl groups is 1. The first-order valence-electron chi connectivity index (χ1n) is 6.19. The number of amides is 1. The molecular formula is C14H13F4NO4. The number of benzene rings is 1. The molecule has 0 aliphatic heterocycles. The summed E-state index contributed by atoms with van der Waals surface area (Å²) in [5.74, 6) is -3.89. The Morgan fingerprint density at radius 2 is 2.00 bits per heavy atom. The Bertz CT molecular complexity index is 626. The van der Waals surface area contributed by atoms with Gasteiger partial charge in [-0.3, -0.25) is 4.79 Å². The van der Waals surface area contributed by atoms with Crippen molar-refractivity contribution in [2.24, 2.45) is 0 Å². The van der Waals surface area contributed by atoms with Crippen LogP contribution in [0.5, 0.6) is 0 Å². The van der Waals surface area contributed by atoms with Crippen molar-refractivity contribution < 1.29 is 37.0 Å². The van der Waals surface area contributed by atoms with Gasteiger partial charge in [0, 0.05) is 0 Å². The van der Waals surface area contributed by atoms with Crippen molar-refractivity contribution >= 4 is 17.6 Å². The largest absolute Gasteiger partial charge is 0.458 e. The van der Waals surface area contributed by atoms with E-state index in [1.54, 1.807) is 5.32 Å². The Kier molecular flexibility index (Phi) is 5.49. The number of rotatable bonds is 5. The molecule has 1 unspecified atom stereocenters. The number of ether oxygens (including phenoxy) is 1. The van der Waals surface area contributed by atoms with Gasteiger partial charge < -0.3 is 15.2 Å². The standard InChI is InChI=1S/C14H13F4NO4/c1-3-6-23-11(20)8-4-5-10(9(15)7-8)19-12(21)13(2,22)14(16,17)18/h3-5,7,22H,1,6H2,2H3,(H,19,21). The molecule has 0 spiro atoms. The first-order chi connectivity index (χ1) is 10.5. The molecule has 1 amide bonds. The lowest BCUT2D eigenvalue weighted by Crippen LogP contribution is -2.52. The van der Waals surface area contributed by atoms with Crippen LogP contribution in [0, 0.1) is 5.82 Å². The van der Waals surface area contributed by atoms with E-state index >= 15 is 0 Å². The highest BCUT2D eigenvalue weighted by atomic mass is 19.4. The quantitative estimate of drug-likeness (QED) is 0.492. The van der Waals surface area contributed by atoms with Gasteiger partial charge >= 0.3 is 12.1 Å². The van der Waals surface area contributed by atoms with Crippen LogP contribution in [0.15, 0.2) is 30.9 Å². The van der Waals surface area contributed by atoms with E-state index in [-0.39, 0.29) is 19.1 Å². The van der Waals surface area contributed by atoms with E-state index < -0.39 is 35.2 Å². The molecule has 0 saturated carbocycles. The maximum atomic E-state index is 13.8. The number of hydrogen-bond donors (Lipinski definition) is 2. The van der Waals surface area contributed by atoms with Gasteiger partial charge in [0.05, 0.1) is 11.3 Å². The minimum atomic E-state index is -5.23. The number of hydrogen-bond acceptors (Lipinski definition) is 4. The molecule has 2 N–H and O–H groups in total. The fourth-order valence-corrected chi connectivity index (χ4v) is 1.33. The van der Waals surface area contributed by atoms with Crippen LogP contribution in [-0.4, -0.2) is 35.4 Å². The van der Waals surface area contributed by atoms with E-state index in [0.29, 0.717) is 6.07 Å². The zero-order valence-electron chi connectivity index (χ0n) is 11.9. The van der Waals surface area contributed by atoms with E-state index in [2.05, 4.69) is 11.3 Å². The Labute approximate surface area is 128 Å². The van der Waals surface area contributed by atoms with E-state index in [4.69, 9.17) is 5.11 Å². The van der Waals surface area contributed by atoms with E-state index in [9.17, 15) is 27.2 Å². The summed E-state index contributed by atoms with van der Waals surface area (Å²) in [6.07, 6.45) is -3.94. The van der Waals surface area contributed by atoms with Crippen LogP contribution in [-0.2, 0) is 9.53 Å². The van der Waals surface area contributed by atoms with Crippen LogP contribution >= 0.6 is 0 Å². The summed E-state index contributed by atoms with van der Waals surface area (Å²) in [6.45, 7) is 3.45. The zero-order valence-corrected chi connectivity index (χ0v) is 11.9. The maximum Gasteiger partial charge on any atom is 0.426 e. The van der Waals surface area contributed by atoms with Gasteiger partial charge in [-0.15, -0.1) is 0 Å². The summed E-state index contributed by atoms with van der Waals surface area (Å²) in [5.41, 5.74) is -4.52. The molecule has 5 nitrogen and oxygen atoms in total. The van der Waals surface area contributed by atoms with Gasteiger partial charge in [-0.25, -0.2) is 9.18 Å². The SMILES string of the molecule is C=CCOC(=O)c1ccc(NC(=O)C(C)(O)C(F)(F)F)c(F)c1. The molecule has 0 heterocycles. The summed E-state index contributed by atoms with van der Waals surface area (Å²) >= 11 is 0. The van der Waals surface area contributed by atoms with Crippen LogP contribution in [0.25, 0.3) is 0 Å². The average molecular weight is 335 g/mol. The van der Waals surface area contributed by atoms with Gasteiger partial charge in [0.15, 0.2) is 0 Å². The molecular weight excluding hydrogens is 322 g/mol. The topological polar surface area (TPSA) is 75.6 Å². The fraction of sp³-hybridized carbons (Fsp3) is 0.286. The highest BCUT2D eigenvalue weighted by molar-refractivity contribution is 5.98. The van der Waals surface area contributed by atoms with Gasteiger partial charge in [0.25, 0.3) is 5.91 Å². The van der Waals surface area contributed by atoms with Gasteiger partial charge in [0.1, 0.15) is 12.4 Å². The van der Waals surface area contributed by atoms with E-state index in [1.165, 1.54) is 6.08 Å². The van der Waals surface area contributed by atoms with Gasteiger partial charge in [-0.05, 0) is 25.1 Å². The van der Waals surface area contributed by atoms with Crippen LogP contribution in [0.3, 0.4) is 0 Å². The molecule has 9 heteroatoms. The number of nitrogens with one attached hydrogen (secondary N) is 1. The minimum absolute atomic E-state index is 0.104. The summed E-state index contributed by atoms with van der Waals surface area (Å²) in [5, 5.41) is 10.8. The lowest BCUT2D eigenvalue weighted by molar-refractivity contribution is -0.242. The summed E-state index contributed by atoms with van der Waals surface area (Å²) in [7, 11) is 0. The highest BCUT2D eigenvalue weighted by Crippen LogP contribution is 2.31. The van der Waals surface area contributed by atoms with Crippen molar-refractivity contribution in [2.45, 2.75) is 18.7 Å². The number of halogens is 4. The molecule has 1 rings (SSSR count). The fourth-order valence-electron chi connectivity index (χ4n) is 1.33. The molecule has 0 aromatic heterocycles. The number of carbonyl (C=O) groups is 2. The molecule has 0 aliphatic carbocycles. The molecule has 0 bridgehead atoms. The van der Waals surface area contributed by atoms with Gasteiger partial charge in [-0.1, -0.05) is 12.7 Å². The van der Waals surface area contributed by atoms with Crippen molar-refractivity contribution in [3.05, 3.63) is 42.2 Å². The van der Waals surface area contributed by atoms with E-state index in [0.717, 1.165) is 12.1 Å². The first kappa shape index (κ1) is 18.6. The van der Waals surface area contributed by atoms with Crippen molar-refractivity contribution in [3.8, 4) is 0 Å². The monoisotopic (exact) mass is 335 g/mol. The highest BCUT2D eigenvalue weighted by Gasteiger charge is 2.55. The maximum absolute atomic E-state index is 13.8. The van der Waals surface area contributed by atoms with Crippen LogP contribution < -0.4 is 5.32 Å². The second kappa shape index (κ2) is 6.78. The predicted molar refractivity (Wildman–Crippen MR) is 72.2 cm³/mol. The molecule has 0 aliphatic rings. The van der Waals surface area contributed by atoms with Gasteiger partial charge in [0.2, 0.25) is 5.60 Å². The third-order valence-electron chi connectivity index (χ3n) is 2.78. The Morgan fingerprint density at radius 3 is 2.48 bits per heavy atom.